The van der Waals surface area contributed by atoms with Crippen LogP contribution in [0.3, 0.4) is 0 Å². The van der Waals surface area contributed by atoms with Gasteiger partial charge in [0.2, 0.25) is 0 Å². The van der Waals surface area contributed by atoms with E-state index in [2.05, 4.69) is 24.8 Å². The third kappa shape index (κ3) is 8.54. The highest BCUT2D eigenvalue weighted by Gasteiger charge is 2.09. The van der Waals surface area contributed by atoms with Gasteiger partial charge in [-0.15, -0.1) is 0 Å². The van der Waals surface area contributed by atoms with Crippen molar-refractivity contribution in [2.75, 3.05) is 6.61 Å². The fraction of sp³-hybridized carbons (Fsp3) is 0.364. The summed E-state index contributed by atoms with van der Waals surface area (Å²) in [6, 6.07) is 10.3. The monoisotopic (exact) mass is 327 g/mol. The van der Waals surface area contributed by atoms with Gasteiger partial charge in [0.15, 0.2) is 0 Å². The Bertz CT molecular complexity index is 553. The highest BCUT2D eigenvalue weighted by Crippen LogP contribution is 2.19. The molecule has 0 fully saturated rings. The molecule has 1 aromatic carbocycles. The summed E-state index contributed by atoms with van der Waals surface area (Å²) in [5.74, 6) is 0.828. The van der Waals surface area contributed by atoms with Gasteiger partial charge in [-0.3, -0.25) is 0 Å². The lowest BCUT2D eigenvalue weighted by Gasteiger charge is -2.16. The predicted octanol–water partition coefficient (Wildman–Crippen LogP) is 5.89. The third-order valence-electron chi connectivity index (χ3n) is 3.42. The van der Waals surface area contributed by atoms with E-state index >= 15 is 0 Å². The number of rotatable bonds is 8. The Hall–Kier alpha value is -2.06. The quantitative estimate of drug-likeness (QED) is 0.477. The number of allylic oxidation sites excluding steroid dienone is 5. The average Bonchev–Trinajstić information content (AvgIpc) is 2.65. The summed E-state index contributed by atoms with van der Waals surface area (Å²) in [5, 5.41) is 0. The summed E-state index contributed by atoms with van der Waals surface area (Å²) < 4.78 is 5.79. The van der Waals surface area contributed by atoms with Crippen molar-refractivity contribution in [3.05, 3.63) is 78.1 Å². The van der Waals surface area contributed by atoms with Crippen molar-refractivity contribution < 1.29 is 4.74 Å². The van der Waals surface area contributed by atoms with Crippen molar-refractivity contribution in [3.8, 4) is 0 Å². The molecule has 0 aliphatic rings. The first-order chi connectivity index (χ1) is 11.6. The van der Waals surface area contributed by atoms with Gasteiger partial charge in [0, 0.05) is 6.04 Å². The Labute approximate surface area is 148 Å². The van der Waals surface area contributed by atoms with Crippen molar-refractivity contribution in [1.29, 1.82) is 0 Å². The first kappa shape index (κ1) is 21.9. The summed E-state index contributed by atoms with van der Waals surface area (Å²) in [6.45, 7) is 14.2. The first-order valence-corrected chi connectivity index (χ1v) is 8.66. The lowest BCUT2D eigenvalue weighted by molar-refractivity contribution is 0.205. The van der Waals surface area contributed by atoms with Gasteiger partial charge in [0.1, 0.15) is 12.4 Å². The molecule has 0 bridgehead atoms. The molecule has 24 heavy (non-hydrogen) atoms. The molecule has 1 rings (SSSR count). The Balaban J connectivity index is 0.00000254. The molecule has 1 unspecified atom stereocenters. The molecule has 0 spiro atoms. The van der Waals surface area contributed by atoms with Crippen molar-refractivity contribution >= 4 is 5.57 Å². The van der Waals surface area contributed by atoms with E-state index in [1.807, 2.05) is 65.0 Å². The number of nitrogens with two attached hydrogens (primary N) is 1. The number of benzene rings is 1. The molecular formula is C22H33NO. The molecule has 132 valence electrons. The van der Waals surface area contributed by atoms with Gasteiger partial charge in [-0.05, 0) is 56.1 Å². The van der Waals surface area contributed by atoms with Crippen molar-refractivity contribution in [1.82, 2.24) is 0 Å². The smallest absolute Gasteiger partial charge is 0.115 e. The standard InChI is InChI=1S/C20H27NO.C2H6/c1-5-16(4)13-20(7-3)22-15-19(21)14-17(6-2)18-11-9-8-10-12-18;1-2/h5-13,19H,1,14-15,21H2,2-4H3;1-2H3/b16-13-,17-6-,20-7+;. The minimum atomic E-state index is -0.0428. The maximum absolute atomic E-state index is 6.22. The van der Waals surface area contributed by atoms with Crippen LogP contribution in [0.25, 0.3) is 5.57 Å². The summed E-state index contributed by atoms with van der Waals surface area (Å²) >= 11 is 0. The molecule has 0 aliphatic carbocycles. The van der Waals surface area contributed by atoms with Gasteiger partial charge in [-0.25, -0.2) is 0 Å². The van der Waals surface area contributed by atoms with Crippen molar-refractivity contribution in [2.45, 2.75) is 47.1 Å². The van der Waals surface area contributed by atoms with E-state index in [-0.39, 0.29) is 6.04 Å². The average molecular weight is 328 g/mol. The normalized spacial score (nSPS) is 13.7. The molecule has 2 N–H and O–H groups in total. The van der Waals surface area contributed by atoms with E-state index in [1.165, 1.54) is 11.1 Å². The van der Waals surface area contributed by atoms with Crippen LogP contribution in [0.4, 0.5) is 0 Å². The fourth-order valence-corrected chi connectivity index (χ4v) is 2.09. The lowest BCUT2D eigenvalue weighted by atomic mass is 9.99. The van der Waals surface area contributed by atoms with Crippen LogP contribution in [0.15, 0.2) is 72.5 Å². The van der Waals surface area contributed by atoms with Crippen LogP contribution >= 0.6 is 0 Å². The molecule has 0 amide bonds. The molecule has 2 heteroatoms. The van der Waals surface area contributed by atoms with Gasteiger partial charge in [0.25, 0.3) is 0 Å². The lowest BCUT2D eigenvalue weighted by Crippen LogP contribution is -2.26. The summed E-state index contributed by atoms with van der Waals surface area (Å²) in [7, 11) is 0. The second-order valence-corrected chi connectivity index (χ2v) is 5.24. The Morgan fingerprint density at radius 2 is 1.79 bits per heavy atom. The molecule has 1 aromatic rings. The Morgan fingerprint density at radius 1 is 1.17 bits per heavy atom. The van der Waals surface area contributed by atoms with E-state index in [9.17, 15) is 0 Å². The molecular weight excluding hydrogens is 294 g/mol. The van der Waals surface area contributed by atoms with Crippen LogP contribution < -0.4 is 5.73 Å². The van der Waals surface area contributed by atoms with Crippen LogP contribution in [0, 0.1) is 0 Å². The zero-order valence-electron chi connectivity index (χ0n) is 15.9. The summed E-state index contributed by atoms with van der Waals surface area (Å²) in [4.78, 5) is 0. The van der Waals surface area contributed by atoms with Gasteiger partial charge in [-0.2, -0.15) is 0 Å². The zero-order chi connectivity index (χ0) is 18.4. The van der Waals surface area contributed by atoms with Crippen LogP contribution in [0.1, 0.15) is 46.6 Å². The van der Waals surface area contributed by atoms with E-state index in [1.54, 1.807) is 6.08 Å². The topological polar surface area (TPSA) is 35.2 Å². The molecule has 2 nitrogen and oxygen atoms in total. The SMILES string of the molecule is C=C/C(C)=C\C(=C/C)OCC(N)C/C(=C/C)c1ccccc1.CC. The minimum absolute atomic E-state index is 0.0428. The van der Waals surface area contributed by atoms with E-state index in [0.29, 0.717) is 6.61 Å². The largest absolute Gasteiger partial charge is 0.492 e. The number of ether oxygens (including phenoxy) is 1. The van der Waals surface area contributed by atoms with Crippen molar-refractivity contribution in [3.63, 3.8) is 0 Å². The van der Waals surface area contributed by atoms with Crippen LogP contribution in [0.5, 0.6) is 0 Å². The predicted molar refractivity (Wildman–Crippen MR) is 108 cm³/mol. The molecule has 0 aromatic heterocycles. The van der Waals surface area contributed by atoms with Crippen LogP contribution in [0.2, 0.25) is 0 Å². The van der Waals surface area contributed by atoms with Gasteiger partial charge >= 0.3 is 0 Å². The minimum Gasteiger partial charge on any atom is -0.492 e. The van der Waals surface area contributed by atoms with E-state index < -0.39 is 0 Å². The molecule has 0 radical (unpaired) electrons. The zero-order valence-corrected chi connectivity index (χ0v) is 15.9. The van der Waals surface area contributed by atoms with E-state index in [4.69, 9.17) is 10.5 Å². The Kier molecular flexibility index (Phi) is 12.2. The fourth-order valence-electron chi connectivity index (χ4n) is 2.09. The molecule has 0 heterocycles. The molecule has 0 saturated heterocycles. The summed E-state index contributed by atoms with van der Waals surface area (Å²) in [6.07, 6.45) is 8.62. The van der Waals surface area contributed by atoms with Crippen LogP contribution in [-0.4, -0.2) is 12.6 Å². The van der Waals surface area contributed by atoms with Gasteiger partial charge in [0.05, 0.1) is 0 Å². The summed E-state index contributed by atoms with van der Waals surface area (Å²) in [5.41, 5.74) is 9.75. The van der Waals surface area contributed by atoms with Gasteiger partial charge < -0.3 is 10.5 Å². The third-order valence-corrected chi connectivity index (χ3v) is 3.42. The van der Waals surface area contributed by atoms with Crippen LogP contribution in [-0.2, 0) is 4.74 Å². The maximum Gasteiger partial charge on any atom is 0.115 e. The first-order valence-electron chi connectivity index (χ1n) is 8.66. The Morgan fingerprint density at radius 3 is 2.29 bits per heavy atom. The maximum atomic E-state index is 6.22. The number of hydrogen-bond acceptors (Lipinski definition) is 2. The second-order valence-electron chi connectivity index (χ2n) is 5.24. The number of hydrogen-bond donors (Lipinski definition) is 1. The molecule has 1 atom stereocenters. The molecule has 0 aliphatic heterocycles. The van der Waals surface area contributed by atoms with Gasteiger partial charge in [-0.1, -0.05) is 62.9 Å². The highest BCUT2D eigenvalue weighted by molar-refractivity contribution is 5.65. The molecule has 0 saturated carbocycles. The highest BCUT2D eigenvalue weighted by atomic mass is 16.5. The van der Waals surface area contributed by atoms with E-state index in [0.717, 1.165) is 17.8 Å². The van der Waals surface area contributed by atoms with Crippen molar-refractivity contribution in [2.24, 2.45) is 5.73 Å². The second kappa shape index (κ2) is 13.4.